The molecule has 0 fully saturated rings. The Labute approximate surface area is 93.4 Å². The standard InChI is InChI=1S/C12H13NO3/c1-6-4-9(12(15)16)5-7(2)10(6)8(3)11(13)14/h4-5H,3H2,1-2H3,(H2,13,14)(H,15,16). The van der Waals surface area contributed by atoms with Crippen LogP contribution in [0.2, 0.25) is 0 Å². The van der Waals surface area contributed by atoms with Crippen LogP contribution >= 0.6 is 0 Å². The summed E-state index contributed by atoms with van der Waals surface area (Å²) < 4.78 is 0. The molecule has 4 nitrogen and oxygen atoms in total. The summed E-state index contributed by atoms with van der Waals surface area (Å²) in [5, 5.41) is 8.86. The highest BCUT2D eigenvalue weighted by Crippen LogP contribution is 2.23. The predicted molar refractivity (Wildman–Crippen MR) is 61.1 cm³/mol. The number of nitrogens with two attached hydrogens (primary N) is 1. The Morgan fingerprint density at radius 3 is 2.00 bits per heavy atom. The molecule has 0 saturated carbocycles. The number of carbonyl (C=O) groups excluding carboxylic acids is 1. The molecule has 0 aliphatic rings. The molecule has 4 heteroatoms. The summed E-state index contributed by atoms with van der Waals surface area (Å²) in [7, 11) is 0. The fourth-order valence-electron chi connectivity index (χ4n) is 1.69. The number of benzene rings is 1. The molecule has 1 aromatic rings. The molecule has 3 N–H and O–H groups in total. The summed E-state index contributed by atoms with van der Waals surface area (Å²) in [6, 6.07) is 3.00. The molecular formula is C12H13NO3. The highest BCUT2D eigenvalue weighted by molar-refractivity contribution is 6.18. The van der Waals surface area contributed by atoms with Crippen LogP contribution < -0.4 is 5.73 Å². The number of aromatic carboxylic acids is 1. The van der Waals surface area contributed by atoms with Gasteiger partial charge in [0, 0.05) is 5.57 Å². The molecule has 16 heavy (non-hydrogen) atoms. The van der Waals surface area contributed by atoms with E-state index in [1.807, 2.05) is 0 Å². The first kappa shape index (κ1) is 12.0. The van der Waals surface area contributed by atoms with Gasteiger partial charge in [0.15, 0.2) is 0 Å². The van der Waals surface area contributed by atoms with Gasteiger partial charge in [0.05, 0.1) is 5.56 Å². The van der Waals surface area contributed by atoms with Gasteiger partial charge in [0.25, 0.3) is 0 Å². The van der Waals surface area contributed by atoms with Gasteiger partial charge in [-0.25, -0.2) is 4.79 Å². The van der Waals surface area contributed by atoms with Gasteiger partial charge in [-0.3, -0.25) is 4.79 Å². The third kappa shape index (κ3) is 2.11. The Hall–Kier alpha value is -2.10. The van der Waals surface area contributed by atoms with Crippen LogP contribution in [0.25, 0.3) is 5.57 Å². The number of carboxylic acid groups (broad SMARTS) is 1. The highest BCUT2D eigenvalue weighted by Gasteiger charge is 2.14. The van der Waals surface area contributed by atoms with Gasteiger partial charge >= 0.3 is 5.97 Å². The van der Waals surface area contributed by atoms with E-state index in [2.05, 4.69) is 6.58 Å². The van der Waals surface area contributed by atoms with E-state index >= 15 is 0 Å². The molecule has 0 aliphatic carbocycles. The number of primary amides is 1. The summed E-state index contributed by atoms with van der Waals surface area (Å²) in [4.78, 5) is 21.8. The van der Waals surface area contributed by atoms with Crippen molar-refractivity contribution in [2.75, 3.05) is 0 Å². The molecule has 0 atom stereocenters. The van der Waals surface area contributed by atoms with Gasteiger partial charge in [-0.1, -0.05) is 6.58 Å². The average Bonchev–Trinajstić information content (AvgIpc) is 2.15. The van der Waals surface area contributed by atoms with Crippen molar-refractivity contribution in [1.82, 2.24) is 0 Å². The van der Waals surface area contributed by atoms with Crippen molar-refractivity contribution in [3.8, 4) is 0 Å². The normalized spacial score (nSPS) is 9.88. The largest absolute Gasteiger partial charge is 0.478 e. The number of hydrogen-bond acceptors (Lipinski definition) is 2. The summed E-state index contributed by atoms with van der Waals surface area (Å²) >= 11 is 0. The molecule has 0 radical (unpaired) electrons. The summed E-state index contributed by atoms with van der Waals surface area (Å²) in [6.45, 7) is 7.05. The lowest BCUT2D eigenvalue weighted by Crippen LogP contribution is -2.14. The SMILES string of the molecule is C=C(C(N)=O)c1c(C)cc(C(=O)O)cc1C. The third-order valence-electron chi connectivity index (χ3n) is 2.38. The first-order valence-corrected chi connectivity index (χ1v) is 4.68. The minimum atomic E-state index is -0.998. The Kier molecular flexibility index (Phi) is 3.13. The maximum atomic E-state index is 11.0. The summed E-state index contributed by atoms with van der Waals surface area (Å²) in [6.07, 6.45) is 0. The second-order valence-electron chi connectivity index (χ2n) is 3.63. The quantitative estimate of drug-likeness (QED) is 0.756. The van der Waals surface area contributed by atoms with E-state index in [0.717, 1.165) is 0 Å². The molecule has 0 spiro atoms. The Balaban J connectivity index is 3.39. The fraction of sp³-hybridized carbons (Fsp3) is 0.167. The lowest BCUT2D eigenvalue weighted by molar-refractivity contribution is -0.112. The van der Waals surface area contributed by atoms with Crippen LogP contribution in [0.15, 0.2) is 18.7 Å². The lowest BCUT2D eigenvalue weighted by atomic mass is 9.94. The van der Waals surface area contributed by atoms with Crippen LogP contribution in [-0.2, 0) is 4.79 Å². The van der Waals surface area contributed by atoms with Crippen LogP contribution in [0.4, 0.5) is 0 Å². The van der Waals surface area contributed by atoms with E-state index in [-0.39, 0.29) is 11.1 Å². The highest BCUT2D eigenvalue weighted by atomic mass is 16.4. The Morgan fingerprint density at radius 1 is 1.25 bits per heavy atom. The zero-order valence-corrected chi connectivity index (χ0v) is 9.20. The first-order chi connectivity index (χ1) is 7.34. The van der Waals surface area contributed by atoms with E-state index in [0.29, 0.717) is 16.7 Å². The van der Waals surface area contributed by atoms with Crippen molar-refractivity contribution in [1.29, 1.82) is 0 Å². The summed E-state index contributed by atoms with van der Waals surface area (Å²) in [5.41, 5.74) is 7.53. The molecule has 0 bridgehead atoms. The summed E-state index contributed by atoms with van der Waals surface area (Å²) in [5.74, 6) is -1.60. The maximum Gasteiger partial charge on any atom is 0.335 e. The molecule has 1 amide bonds. The van der Waals surface area contributed by atoms with E-state index < -0.39 is 11.9 Å². The molecule has 0 saturated heterocycles. The van der Waals surface area contributed by atoms with Gasteiger partial charge in [-0.05, 0) is 42.7 Å². The average molecular weight is 219 g/mol. The smallest absolute Gasteiger partial charge is 0.335 e. The van der Waals surface area contributed by atoms with E-state index in [1.54, 1.807) is 13.8 Å². The minimum Gasteiger partial charge on any atom is -0.478 e. The van der Waals surface area contributed by atoms with Crippen LogP contribution in [0.5, 0.6) is 0 Å². The van der Waals surface area contributed by atoms with Crippen molar-refractivity contribution in [3.05, 3.63) is 41.0 Å². The molecule has 0 aromatic heterocycles. The zero-order chi connectivity index (χ0) is 12.5. The molecule has 1 rings (SSSR count). The Bertz CT molecular complexity index is 466. The minimum absolute atomic E-state index is 0.191. The third-order valence-corrected chi connectivity index (χ3v) is 2.38. The van der Waals surface area contributed by atoms with Crippen LogP contribution in [0, 0.1) is 13.8 Å². The topological polar surface area (TPSA) is 80.4 Å². The molecule has 0 aliphatic heterocycles. The fourth-order valence-corrected chi connectivity index (χ4v) is 1.69. The second kappa shape index (κ2) is 4.18. The molecule has 0 heterocycles. The van der Waals surface area contributed by atoms with Crippen molar-refractivity contribution < 1.29 is 14.7 Å². The molecule has 0 unspecified atom stereocenters. The molecule has 1 aromatic carbocycles. The van der Waals surface area contributed by atoms with Crippen molar-refractivity contribution in [2.24, 2.45) is 5.73 Å². The van der Waals surface area contributed by atoms with E-state index in [1.165, 1.54) is 12.1 Å². The van der Waals surface area contributed by atoms with Crippen molar-refractivity contribution >= 4 is 17.4 Å². The number of rotatable bonds is 3. The lowest BCUT2D eigenvalue weighted by Gasteiger charge is -2.11. The van der Waals surface area contributed by atoms with E-state index in [4.69, 9.17) is 10.8 Å². The van der Waals surface area contributed by atoms with Crippen LogP contribution in [0.1, 0.15) is 27.0 Å². The number of aryl methyl sites for hydroxylation is 2. The number of carbonyl (C=O) groups is 2. The van der Waals surface area contributed by atoms with Gasteiger partial charge in [0.1, 0.15) is 0 Å². The second-order valence-corrected chi connectivity index (χ2v) is 3.63. The zero-order valence-electron chi connectivity index (χ0n) is 9.20. The number of hydrogen-bond donors (Lipinski definition) is 2. The van der Waals surface area contributed by atoms with Crippen molar-refractivity contribution in [3.63, 3.8) is 0 Å². The maximum absolute atomic E-state index is 11.0. The monoisotopic (exact) mass is 219 g/mol. The van der Waals surface area contributed by atoms with Crippen molar-refractivity contribution in [2.45, 2.75) is 13.8 Å². The van der Waals surface area contributed by atoms with Gasteiger partial charge in [-0.15, -0.1) is 0 Å². The van der Waals surface area contributed by atoms with Gasteiger partial charge in [0.2, 0.25) is 5.91 Å². The number of amides is 1. The molecule has 84 valence electrons. The predicted octanol–water partition coefficient (Wildman–Crippen LogP) is 1.50. The number of carboxylic acids is 1. The van der Waals surface area contributed by atoms with E-state index in [9.17, 15) is 9.59 Å². The van der Waals surface area contributed by atoms with Crippen LogP contribution in [0.3, 0.4) is 0 Å². The Morgan fingerprint density at radius 2 is 1.69 bits per heavy atom. The van der Waals surface area contributed by atoms with Crippen LogP contribution in [-0.4, -0.2) is 17.0 Å². The first-order valence-electron chi connectivity index (χ1n) is 4.68. The van der Waals surface area contributed by atoms with Gasteiger partial charge in [-0.2, -0.15) is 0 Å². The molecular weight excluding hydrogens is 206 g/mol. The van der Waals surface area contributed by atoms with Gasteiger partial charge < -0.3 is 10.8 Å².